The van der Waals surface area contributed by atoms with Crippen LogP contribution in [0.2, 0.25) is 0 Å². The molecule has 2 atom stereocenters. The largest absolute Gasteiger partial charge is 0.378 e. The SMILES string of the molecule is O=C(CC1COCCN1)N1CCCCC1c1ccc(F)cc1. The fourth-order valence-electron chi connectivity index (χ4n) is 3.34. The van der Waals surface area contributed by atoms with Crippen molar-refractivity contribution in [2.45, 2.75) is 37.8 Å². The Labute approximate surface area is 130 Å². The van der Waals surface area contributed by atoms with E-state index in [1.807, 2.05) is 4.90 Å². The average Bonchev–Trinajstić information content (AvgIpc) is 2.56. The Bertz CT molecular complexity index is 500. The Morgan fingerprint density at radius 1 is 1.32 bits per heavy atom. The Kier molecular flexibility index (Phi) is 5.05. The van der Waals surface area contributed by atoms with Crippen molar-refractivity contribution < 1.29 is 13.9 Å². The van der Waals surface area contributed by atoms with Gasteiger partial charge >= 0.3 is 0 Å². The highest BCUT2D eigenvalue weighted by Crippen LogP contribution is 2.31. The first-order valence-corrected chi connectivity index (χ1v) is 8.10. The fraction of sp³-hybridized carbons (Fsp3) is 0.588. The van der Waals surface area contributed by atoms with E-state index in [-0.39, 0.29) is 23.8 Å². The first-order chi connectivity index (χ1) is 10.7. The first kappa shape index (κ1) is 15.4. The third-order valence-corrected chi connectivity index (χ3v) is 4.50. The molecule has 0 aromatic heterocycles. The lowest BCUT2D eigenvalue weighted by Crippen LogP contribution is -2.46. The van der Waals surface area contributed by atoms with Crippen LogP contribution in [0, 0.1) is 5.82 Å². The number of halogens is 1. The van der Waals surface area contributed by atoms with Gasteiger partial charge in [0.2, 0.25) is 5.91 Å². The van der Waals surface area contributed by atoms with Gasteiger partial charge in [-0.15, -0.1) is 0 Å². The van der Waals surface area contributed by atoms with Gasteiger partial charge in [0.1, 0.15) is 5.82 Å². The van der Waals surface area contributed by atoms with Crippen LogP contribution in [-0.2, 0) is 9.53 Å². The smallest absolute Gasteiger partial charge is 0.224 e. The van der Waals surface area contributed by atoms with Crippen LogP contribution >= 0.6 is 0 Å². The molecule has 2 unspecified atom stereocenters. The number of rotatable bonds is 3. The molecule has 22 heavy (non-hydrogen) atoms. The predicted octanol–water partition coefficient (Wildman–Crippen LogP) is 2.26. The van der Waals surface area contributed by atoms with E-state index >= 15 is 0 Å². The molecule has 1 N–H and O–H groups in total. The van der Waals surface area contributed by atoms with Crippen molar-refractivity contribution in [1.82, 2.24) is 10.2 Å². The van der Waals surface area contributed by atoms with E-state index in [1.54, 1.807) is 12.1 Å². The number of hydrogen-bond acceptors (Lipinski definition) is 3. The van der Waals surface area contributed by atoms with E-state index in [9.17, 15) is 9.18 Å². The normalized spacial score (nSPS) is 26.0. The maximum Gasteiger partial charge on any atom is 0.224 e. The number of piperidine rings is 1. The van der Waals surface area contributed by atoms with E-state index < -0.39 is 0 Å². The van der Waals surface area contributed by atoms with Crippen LogP contribution in [0.1, 0.15) is 37.3 Å². The molecule has 0 saturated carbocycles. The van der Waals surface area contributed by atoms with Gasteiger partial charge in [0, 0.05) is 25.6 Å². The van der Waals surface area contributed by atoms with Crippen molar-refractivity contribution >= 4 is 5.91 Å². The van der Waals surface area contributed by atoms with E-state index in [1.165, 1.54) is 12.1 Å². The number of nitrogens with zero attached hydrogens (tertiary/aromatic N) is 1. The minimum atomic E-state index is -0.235. The number of carbonyl (C=O) groups excluding carboxylic acids is 1. The van der Waals surface area contributed by atoms with Gasteiger partial charge in [-0.05, 0) is 37.0 Å². The molecule has 3 rings (SSSR count). The average molecular weight is 306 g/mol. The van der Waals surface area contributed by atoms with Crippen molar-refractivity contribution in [3.8, 4) is 0 Å². The van der Waals surface area contributed by atoms with Gasteiger partial charge in [-0.3, -0.25) is 4.79 Å². The van der Waals surface area contributed by atoms with Crippen LogP contribution in [0.4, 0.5) is 4.39 Å². The minimum Gasteiger partial charge on any atom is -0.378 e. The van der Waals surface area contributed by atoms with Gasteiger partial charge in [0.25, 0.3) is 0 Å². The summed E-state index contributed by atoms with van der Waals surface area (Å²) in [5.41, 5.74) is 1.03. The van der Waals surface area contributed by atoms with E-state index in [2.05, 4.69) is 5.32 Å². The molecule has 2 heterocycles. The predicted molar refractivity (Wildman–Crippen MR) is 81.9 cm³/mol. The molecule has 5 heteroatoms. The second-order valence-electron chi connectivity index (χ2n) is 6.08. The van der Waals surface area contributed by atoms with Crippen LogP contribution in [0.5, 0.6) is 0 Å². The monoisotopic (exact) mass is 306 g/mol. The Morgan fingerprint density at radius 2 is 2.14 bits per heavy atom. The maximum absolute atomic E-state index is 13.1. The molecule has 120 valence electrons. The summed E-state index contributed by atoms with van der Waals surface area (Å²) < 4.78 is 18.5. The molecule has 2 fully saturated rings. The summed E-state index contributed by atoms with van der Waals surface area (Å²) in [5.74, 6) is -0.0713. The zero-order chi connectivity index (χ0) is 15.4. The number of carbonyl (C=O) groups is 1. The van der Waals surface area contributed by atoms with Crippen LogP contribution in [0.15, 0.2) is 24.3 Å². The van der Waals surface area contributed by atoms with Gasteiger partial charge in [0.15, 0.2) is 0 Å². The van der Waals surface area contributed by atoms with E-state index in [0.717, 1.165) is 37.9 Å². The third kappa shape index (κ3) is 3.65. The molecule has 1 amide bonds. The molecular formula is C17H23FN2O2. The molecule has 0 bridgehead atoms. The Morgan fingerprint density at radius 3 is 2.86 bits per heavy atom. The Balaban J connectivity index is 1.68. The molecule has 0 radical (unpaired) electrons. The summed E-state index contributed by atoms with van der Waals surface area (Å²) >= 11 is 0. The van der Waals surface area contributed by atoms with E-state index in [4.69, 9.17) is 4.74 Å². The summed E-state index contributed by atoms with van der Waals surface area (Å²) in [6.45, 7) is 2.90. The van der Waals surface area contributed by atoms with Gasteiger partial charge in [-0.1, -0.05) is 12.1 Å². The van der Waals surface area contributed by atoms with E-state index in [0.29, 0.717) is 19.6 Å². The lowest BCUT2D eigenvalue weighted by molar-refractivity contribution is -0.136. The highest BCUT2D eigenvalue weighted by molar-refractivity contribution is 5.77. The summed E-state index contributed by atoms with van der Waals surface area (Å²) in [7, 11) is 0. The Hall–Kier alpha value is -1.46. The number of ether oxygens (including phenoxy) is 1. The number of amides is 1. The summed E-state index contributed by atoms with van der Waals surface area (Å²) in [4.78, 5) is 14.6. The molecule has 1 aromatic carbocycles. The van der Waals surface area contributed by atoms with Crippen LogP contribution in [0.3, 0.4) is 0 Å². The number of likely N-dealkylation sites (tertiary alicyclic amines) is 1. The molecule has 0 aliphatic carbocycles. The first-order valence-electron chi connectivity index (χ1n) is 8.10. The van der Waals surface area contributed by atoms with Crippen molar-refractivity contribution in [2.75, 3.05) is 26.3 Å². The third-order valence-electron chi connectivity index (χ3n) is 4.50. The highest BCUT2D eigenvalue weighted by Gasteiger charge is 2.29. The molecular weight excluding hydrogens is 283 g/mol. The standard InChI is InChI=1S/C17H23FN2O2/c18-14-6-4-13(5-7-14)16-3-1-2-9-20(16)17(21)11-15-12-22-10-8-19-15/h4-7,15-16,19H,1-3,8-12H2. The van der Waals surface area contributed by atoms with Crippen LogP contribution in [0.25, 0.3) is 0 Å². The zero-order valence-corrected chi connectivity index (χ0v) is 12.8. The second-order valence-corrected chi connectivity index (χ2v) is 6.08. The summed E-state index contributed by atoms with van der Waals surface area (Å²) in [6, 6.07) is 6.73. The number of benzene rings is 1. The topological polar surface area (TPSA) is 41.6 Å². The van der Waals surface area contributed by atoms with Gasteiger partial charge in [0.05, 0.1) is 19.3 Å². The zero-order valence-electron chi connectivity index (χ0n) is 12.8. The molecule has 0 spiro atoms. The van der Waals surface area contributed by atoms with Crippen LogP contribution < -0.4 is 5.32 Å². The summed E-state index contributed by atoms with van der Waals surface area (Å²) in [6.07, 6.45) is 3.57. The minimum absolute atomic E-state index is 0.0753. The van der Waals surface area contributed by atoms with Gasteiger partial charge < -0.3 is 15.0 Å². The van der Waals surface area contributed by atoms with Crippen LogP contribution in [-0.4, -0.2) is 43.2 Å². The van der Waals surface area contributed by atoms with Gasteiger partial charge in [-0.2, -0.15) is 0 Å². The molecule has 2 aliphatic heterocycles. The van der Waals surface area contributed by atoms with Gasteiger partial charge in [-0.25, -0.2) is 4.39 Å². The van der Waals surface area contributed by atoms with Crippen molar-refractivity contribution in [3.63, 3.8) is 0 Å². The van der Waals surface area contributed by atoms with Crippen molar-refractivity contribution in [1.29, 1.82) is 0 Å². The lowest BCUT2D eigenvalue weighted by atomic mass is 9.94. The number of hydrogen-bond donors (Lipinski definition) is 1. The summed E-state index contributed by atoms with van der Waals surface area (Å²) in [5, 5.41) is 3.33. The molecule has 2 aliphatic rings. The molecule has 2 saturated heterocycles. The number of morpholine rings is 1. The fourth-order valence-corrected chi connectivity index (χ4v) is 3.34. The highest BCUT2D eigenvalue weighted by atomic mass is 19.1. The lowest BCUT2D eigenvalue weighted by Gasteiger charge is -2.37. The number of nitrogens with one attached hydrogen (secondary N) is 1. The quantitative estimate of drug-likeness (QED) is 0.931. The molecule has 1 aromatic rings. The second kappa shape index (κ2) is 7.20. The van der Waals surface area contributed by atoms with Crippen molar-refractivity contribution in [2.24, 2.45) is 0 Å². The molecule has 4 nitrogen and oxygen atoms in total. The maximum atomic E-state index is 13.1. The van der Waals surface area contributed by atoms with Crippen molar-refractivity contribution in [3.05, 3.63) is 35.6 Å².